The van der Waals surface area contributed by atoms with Crippen LogP contribution in [0.4, 0.5) is 0 Å². The fraction of sp³-hybridized carbons (Fsp3) is 0.833. The summed E-state index contributed by atoms with van der Waals surface area (Å²) in [6.07, 6.45) is 2.01. The molecule has 104 valence electrons. The molecule has 6 nitrogen and oxygen atoms in total. The second-order valence-corrected chi connectivity index (χ2v) is 4.18. The van der Waals surface area contributed by atoms with E-state index < -0.39 is 0 Å². The largest absolute Gasteiger partial charge is 0.383 e. The Kier molecular flexibility index (Phi) is 7.55. The number of likely N-dealkylation sites (N-methyl/N-ethyl adjacent to an activating group) is 1. The Balaban J connectivity index is 2.30. The summed E-state index contributed by atoms with van der Waals surface area (Å²) >= 11 is 0. The van der Waals surface area contributed by atoms with Crippen molar-refractivity contribution in [3.63, 3.8) is 0 Å². The van der Waals surface area contributed by atoms with Crippen LogP contribution in [0.5, 0.6) is 0 Å². The molecule has 0 aromatic carbocycles. The summed E-state index contributed by atoms with van der Waals surface area (Å²) in [5.74, 6) is 0. The van der Waals surface area contributed by atoms with Gasteiger partial charge in [0.1, 0.15) is 0 Å². The number of hydrogen-bond acceptors (Lipinski definition) is 5. The third-order valence-corrected chi connectivity index (χ3v) is 2.85. The summed E-state index contributed by atoms with van der Waals surface area (Å²) in [5.41, 5.74) is 0.997. The van der Waals surface area contributed by atoms with Crippen molar-refractivity contribution in [3.05, 3.63) is 11.9 Å². The van der Waals surface area contributed by atoms with E-state index in [-0.39, 0.29) is 0 Å². The van der Waals surface area contributed by atoms with E-state index in [1.54, 1.807) is 7.11 Å². The topological polar surface area (TPSA) is 55.2 Å². The van der Waals surface area contributed by atoms with Crippen molar-refractivity contribution < 1.29 is 4.74 Å². The number of nitrogens with zero attached hydrogens (tertiary/aromatic N) is 4. The number of ether oxygens (including phenoxy) is 1. The van der Waals surface area contributed by atoms with Gasteiger partial charge in [-0.05, 0) is 13.1 Å². The fourth-order valence-corrected chi connectivity index (χ4v) is 1.67. The van der Waals surface area contributed by atoms with E-state index >= 15 is 0 Å². The van der Waals surface area contributed by atoms with Gasteiger partial charge in [0.05, 0.1) is 18.8 Å². The molecule has 6 heteroatoms. The van der Waals surface area contributed by atoms with E-state index in [9.17, 15) is 0 Å². The second kappa shape index (κ2) is 9.02. The summed E-state index contributed by atoms with van der Waals surface area (Å²) < 4.78 is 6.99. The number of rotatable bonds is 10. The van der Waals surface area contributed by atoms with Crippen molar-refractivity contribution >= 4 is 0 Å². The Morgan fingerprint density at radius 2 is 2.22 bits per heavy atom. The lowest BCUT2D eigenvalue weighted by Crippen LogP contribution is -2.30. The Bertz CT molecular complexity index is 315. The molecule has 0 atom stereocenters. The van der Waals surface area contributed by atoms with Crippen LogP contribution in [0.15, 0.2) is 6.20 Å². The van der Waals surface area contributed by atoms with Crippen LogP contribution in [0.2, 0.25) is 0 Å². The molecule has 0 aliphatic heterocycles. The van der Waals surface area contributed by atoms with Crippen LogP contribution in [0.3, 0.4) is 0 Å². The molecule has 1 aromatic heterocycles. The molecule has 1 rings (SSSR count). The second-order valence-electron chi connectivity index (χ2n) is 4.18. The number of hydrogen-bond donors (Lipinski definition) is 1. The normalized spacial score (nSPS) is 11.3. The lowest BCUT2D eigenvalue weighted by Gasteiger charge is -2.19. The van der Waals surface area contributed by atoms with Gasteiger partial charge in [-0.25, -0.2) is 0 Å². The van der Waals surface area contributed by atoms with Gasteiger partial charge in [-0.15, -0.1) is 5.10 Å². The maximum Gasteiger partial charge on any atom is 0.0964 e. The summed E-state index contributed by atoms with van der Waals surface area (Å²) in [5, 5.41) is 11.5. The zero-order valence-electron chi connectivity index (χ0n) is 11.7. The molecule has 0 amide bonds. The Hall–Kier alpha value is -0.980. The minimum atomic E-state index is 0.775. The average molecular weight is 255 g/mol. The minimum Gasteiger partial charge on any atom is -0.383 e. The summed E-state index contributed by atoms with van der Waals surface area (Å²) in [6.45, 7) is 10.6. The van der Waals surface area contributed by atoms with Crippen molar-refractivity contribution in [2.75, 3.05) is 39.9 Å². The van der Waals surface area contributed by atoms with Crippen LogP contribution in [-0.4, -0.2) is 59.8 Å². The maximum atomic E-state index is 5.09. The first-order chi connectivity index (χ1) is 8.80. The number of aromatic nitrogens is 3. The number of methoxy groups -OCH3 is 1. The first kappa shape index (κ1) is 15.1. The van der Waals surface area contributed by atoms with Crippen LogP contribution < -0.4 is 5.32 Å². The third-order valence-electron chi connectivity index (χ3n) is 2.85. The SMILES string of the molecule is CCNCc1cn(CCN(CC)CCOC)nn1. The molecule has 0 saturated heterocycles. The summed E-state index contributed by atoms with van der Waals surface area (Å²) in [4.78, 5) is 2.34. The molecule has 0 bridgehead atoms. The van der Waals surface area contributed by atoms with Crippen molar-refractivity contribution in [1.29, 1.82) is 0 Å². The van der Waals surface area contributed by atoms with Crippen molar-refractivity contribution in [2.45, 2.75) is 26.9 Å². The third kappa shape index (κ3) is 5.57. The van der Waals surface area contributed by atoms with E-state index in [0.29, 0.717) is 0 Å². The first-order valence-electron chi connectivity index (χ1n) is 6.61. The van der Waals surface area contributed by atoms with Gasteiger partial charge in [-0.3, -0.25) is 9.58 Å². The van der Waals surface area contributed by atoms with Crippen LogP contribution in [-0.2, 0) is 17.8 Å². The van der Waals surface area contributed by atoms with E-state index in [0.717, 1.165) is 51.6 Å². The zero-order chi connectivity index (χ0) is 13.2. The average Bonchev–Trinajstić information content (AvgIpc) is 2.84. The first-order valence-corrected chi connectivity index (χ1v) is 6.61. The Labute approximate surface area is 109 Å². The van der Waals surface area contributed by atoms with Crippen LogP contribution >= 0.6 is 0 Å². The summed E-state index contributed by atoms with van der Waals surface area (Å²) in [6, 6.07) is 0. The van der Waals surface area contributed by atoms with Gasteiger partial charge in [0.2, 0.25) is 0 Å². The quantitative estimate of drug-likeness (QED) is 0.654. The predicted molar refractivity (Wildman–Crippen MR) is 71.4 cm³/mol. The monoisotopic (exact) mass is 255 g/mol. The molecule has 1 heterocycles. The van der Waals surface area contributed by atoms with Crippen molar-refractivity contribution in [3.8, 4) is 0 Å². The molecular weight excluding hydrogens is 230 g/mol. The van der Waals surface area contributed by atoms with E-state index in [4.69, 9.17) is 4.74 Å². The molecule has 0 unspecified atom stereocenters. The highest BCUT2D eigenvalue weighted by Gasteiger charge is 2.04. The molecule has 18 heavy (non-hydrogen) atoms. The Morgan fingerprint density at radius 1 is 1.39 bits per heavy atom. The molecule has 0 saturated carbocycles. The molecular formula is C12H25N5O. The lowest BCUT2D eigenvalue weighted by molar-refractivity contribution is 0.147. The van der Waals surface area contributed by atoms with Gasteiger partial charge < -0.3 is 10.1 Å². The van der Waals surface area contributed by atoms with Gasteiger partial charge in [-0.2, -0.15) is 0 Å². The van der Waals surface area contributed by atoms with Crippen LogP contribution in [0.25, 0.3) is 0 Å². The van der Waals surface area contributed by atoms with Gasteiger partial charge in [0.25, 0.3) is 0 Å². The molecule has 0 fully saturated rings. The maximum absolute atomic E-state index is 5.09. The number of nitrogens with one attached hydrogen (secondary N) is 1. The molecule has 1 aromatic rings. The highest BCUT2D eigenvalue weighted by molar-refractivity contribution is 4.91. The van der Waals surface area contributed by atoms with E-state index in [1.165, 1.54) is 0 Å². The van der Waals surface area contributed by atoms with Gasteiger partial charge in [0.15, 0.2) is 0 Å². The lowest BCUT2D eigenvalue weighted by atomic mass is 10.4. The van der Waals surface area contributed by atoms with Crippen LogP contribution in [0, 0.1) is 0 Å². The molecule has 1 N–H and O–H groups in total. The molecule has 0 aliphatic rings. The van der Waals surface area contributed by atoms with Gasteiger partial charge in [0, 0.05) is 32.9 Å². The highest BCUT2D eigenvalue weighted by atomic mass is 16.5. The van der Waals surface area contributed by atoms with Gasteiger partial charge in [-0.1, -0.05) is 19.1 Å². The minimum absolute atomic E-state index is 0.775. The predicted octanol–water partition coefficient (Wildman–Crippen LogP) is 0.356. The standard InChI is InChI=1S/C12H25N5O/c1-4-13-10-12-11-17(15-14-12)7-6-16(5-2)8-9-18-3/h11,13H,4-10H2,1-3H3. The smallest absolute Gasteiger partial charge is 0.0964 e. The van der Waals surface area contributed by atoms with E-state index in [2.05, 4.69) is 34.4 Å². The molecule has 0 radical (unpaired) electrons. The van der Waals surface area contributed by atoms with Gasteiger partial charge >= 0.3 is 0 Å². The summed E-state index contributed by atoms with van der Waals surface area (Å²) in [7, 11) is 1.73. The highest BCUT2D eigenvalue weighted by Crippen LogP contribution is 1.95. The van der Waals surface area contributed by atoms with Crippen LogP contribution in [0.1, 0.15) is 19.5 Å². The van der Waals surface area contributed by atoms with Crippen molar-refractivity contribution in [1.82, 2.24) is 25.2 Å². The molecule has 0 aliphatic carbocycles. The molecule has 0 spiro atoms. The Morgan fingerprint density at radius 3 is 2.89 bits per heavy atom. The fourth-order valence-electron chi connectivity index (χ4n) is 1.67. The zero-order valence-corrected chi connectivity index (χ0v) is 11.7. The van der Waals surface area contributed by atoms with Crippen molar-refractivity contribution in [2.24, 2.45) is 0 Å². The van der Waals surface area contributed by atoms with E-state index in [1.807, 2.05) is 10.9 Å².